The van der Waals surface area contributed by atoms with Crippen LogP contribution in [0.5, 0.6) is 5.75 Å². The number of fused-ring (bicyclic) bond motifs is 2. The number of rotatable bonds is 3. The number of carbonyl (C=O) groups is 3. The van der Waals surface area contributed by atoms with Gasteiger partial charge in [0.2, 0.25) is 10.0 Å². The third-order valence-electron chi connectivity index (χ3n) is 6.08. The van der Waals surface area contributed by atoms with Gasteiger partial charge in [-0.2, -0.15) is 13.2 Å². The molecule has 0 saturated carbocycles. The van der Waals surface area contributed by atoms with Crippen LogP contribution in [0.4, 0.5) is 23.2 Å². The minimum Gasteiger partial charge on any atom is -0.485 e. The molecule has 38 heavy (non-hydrogen) atoms. The number of alkyl halides is 3. The molecule has 1 saturated heterocycles. The second-order valence-electron chi connectivity index (χ2n) is 8.92. The van der Waals surface area contributed by atoms with Crippen molar-refractivity contribution in [1.29, 1.82) is 0 Å². The molecule has 0 unspecified atom stereocenters. The van der Waals surface area contributed by atoms with Gasteiger partial charge in [-0.3, -0.25) is 14.4 Å². The van der Waals surface area contributed by atoms with Gasteiger partial charge in [-0.25, -0.2) is 17.5 Å². The highest BCUT2D eigenvalue weighted by atomic mass is 32.2. The summed E-state index contributed by atoms with van der Waals surface area (Å²) in [6.07, 6.45) is -4.39. The molecule has 0 bridgehead atoms. The summed E-state index contributed by atoms with van der Waals surface area (Å²) in [4.78, 5) is 37.9. The third kappa shape index (κ3) is 5.60. The van der Waals surface area contributed by atoms with Crippen LogP contribution in [0.2, 0.25) is 0 Å². The molecule has 0 spiro atoms. The fourth-order valence-corrected chi connectivity index (χ4v) is 5.68. The maximum atomic E-state index is 13.6. The number of hydrogen-bond donors (Lipinski definition) is 3. The Morgan fingerprint density at radius 2 is 1.95 bits per heavy atom. The lowest BCUT2D eigenvalue weighted by atomic mass is 10.0. The lowest BCUT2D eigenvalue weighted by molar-refractivity contribution is -0.152. The Hall–Kier alpha value is -3.66. The average molecular weight is 562 g/mol. The summed E-state index contributed by atoms with van der Waals surface area (Å²) in [5, 5.41) is 4.07. The fraction of sp³-hybridized carbons (Fsp3) is 0.409. The lowest BCUT2D eigenvalue weighted by Crippen LogP contribution is -2.59. The Balaban J connectivity index is 1.54. The van der Waals surface area contributed by atoms with Crippen LogP contribution in [-0.4, -0.2) is 73.6 Å². The predicted octanol–water partition coefficient (Wildman–Crippen LogP) is 1.04. The SMILES string of the molecule is Cc1cc(NC(=O)c2c3c(cn2C)S(=O)(=O)N[C@@H]2CN(C(=O)C(=O)NCC(F)(F)F)CC[C@H]2O3)ccc1F. The van der Waals surface area contributed by atoms with E-state index < -0.39 is 58.4 Å². The first kappa shape index (κ1) is 27.4. The summed E-state index contributed by atoms with van der Waals surface area (Å²) >= 11 is 0. The first-order valence-electron chi connectivity index (χ1n) is 11.3. The number of benzene rings is 1. The largest absolute Gasteiger partial charge is 0.485 e. The van der Waals surface area contributed by atoms with Gasteiger partial charge in [-0.15, -0.1) is 0 Å². The maximum Gasteiger partial charge on any atom is 0.405 e. The molecule has 2 atom stereocenters. The number of hydrogen-bond acceptors (Lipinski definition) is 6. The van der Waals surface area contributed by atoms with E-state index >= 15 is 0 Å². The molecule has 2 aliphatic heterocycles. The van der Waals surface area contributed by atoms with Gasteiger partial charge in [0.1, 0.15) is 23.4 Å². The topological polar surface area (TPSA) is 139 Å². The van der Waals surface area contributed by atoms with Crippen LogP contribution in [0.15, 0.2) is 29.3 Å². The van der Waals surface area contributed by atoms with Crippen molar-refractivity contribution < 1.29 is 45.1 Å². The van der Waals surface area contributed by atoms with E-state index in [-0.39, 0.29) is 47.1 Å². The molecule has 206 valence electrons. The van der Waals surface area contributed by atoms with E-state index in [1.54, 1.807) is 0 Å². The molecule has 3 heterocycles. The molecule has 16 heteroatoms. The van der Waals surface area contributed by atoms with Gasteiger partial charge in [0, 0.05) is 38.4 Å². The molecule has 2 aliphatic rings. The third-order valence-corrected chi connectivity index (χ3v) is 7.56. The Labute approximate surface area is 214 Å². The van der Waals surface area contributed by atoms with Crippen molar-refractivity contribution >= 4 is 33.4 Å². The minimum atomic E-state index is -4.71. The van der Waals surface area contributed by atoms with Crippen molar-refractivity contribution in [2.45, 2.75) is 36.6 Å². The molecule has 3 N–H and O–H groups in total. The summed E-state index contributed by atoms with van der Waals surface area (Å²) in [5.41, 5.74) is 0.428. The van der Waals surface area contributed by atoms with Crippen molar-refractivity contribution in [3.8, 4) is 5.75 Å². The Bertz CT molecular complexity index is 1410. The number of likely N-dealkylation sites (tertiary alicyclic amines) is 1. The number of amides is 3. The second-order valence-corrected chi connectivity index (χ2v) is 10.6. The Morgan fingerprint density at radius 1 is 1.24 bits per heavy atom. The van der Waals surface area contributed by atoms with E-state index in [0.717, 1.165) is 4.90 Å². The molecule has 3 amide bonds. The standard InChI is InChI=1S/C22H23F4N5O6S/c1-11-7-12(3-4-13(11)23)28-19(32)17-18-16(9-30(17)2)38(35,36)29-14-8-31(6-5-15(14)37-18)21(34)20(33)27-10-22(24,25)26/h3-4,7,9,14-15,29H,5-6,8,10H2,1-2H3,(H,27,33)(H,28,32)/t14-,15-/m1/s1. The van der Waals surface area contributed by atoms with Gasteiger partial charge >= 0.3 is 18.0 Å². The number of ether oxygens (including phenoxy) is 1. The van der Waals surface area contributed by atoms with Crippen LogP contribution in [0, 0.1) is 12.7 Å². The number of piperidine rings is 1. The van der Waals surface area contributed by atoms with Crippen molar-refractivity contribution in [1.82, 2.24) is 19.5 Å². The van der Waals surface area contributed by atoms with Crippen LogP contribution in [0.25, 0.3) is 0 Å². The summed E-state index contributed by atoms with van der Waals surface area (Å²) in [6.45, 7) is -0.641. The average Bonchev–Trinajstić information content (AvgIpc) is 3.11. The highest BCUT2D eigenvalue weighted by Gasteiger charge is 2.43. The first-order chi connectivity index (χ1) is 17.7. The summed E-state index contributed by atoms with van der Waals surface area (Å²) in [6, 6.07) is 2.86. The number of nitrogens with one attached hydrogen (secondary N) is 3. The van der Waals surface area contributed by atoms with E-state index in [1.165, 1.54) is 48.3 Å². The van der Waals surface area contributed by atoms with Gasteiger partial charge in [0.15, 0.2) is 11.4 Å². The highest BCUT2D eigenvalue weighted by molar-refractivity contribution is 7.89. The minimum absolute atomic E-state index is 0.0119. The van der Waals surface area contributed by atoms with Gasteiger partial charge in [0.05, 0.1) is 6.04 Å². The van der Waals surface area contributed by atoms with E-state index in [4.69, 9.17) is 4.74 Å². The van der Waals surface area contributed by atoms with Crippen LogP contribution >= 0.6 is 0 Å². The molecular weight excluding hydrogens is 538 g/mol. The fourth-order valence-electron chi connectivity index (χ4n) is 4.24. The van der Waals surface area contributed by atoms with Crippen LogP contribution in [0.3, 0.4) is 0 Å². The molecule has 0 radical (unpaired) electrons. The Morgan fingerprint density at radius 3 is 2.61 bits per heavy atom. The summed E-state index contributed by atoms with van der Waals surface area (Å²) in [7, 11) is -2.84. The van der Waals surface area contributed by atoms with Crippen molar-refractivity contribution in [2.75, 3.05) is 25.0 Å². The number of aryl methyl sites for hydroxylation is 2. The smallest absolute Gasteiger partial charge is 0.405 e. The van der Waals surface area contributed by atoms with E-state index in [2.05, 4.69) is 10.0 Å². The summed E-state index contributed by atoms with van der Waals surface area (Å²) in [5.74, 6) is -4.14. The molecule has 4 rings (SSSR count). The zero-order valence-corrected chi connectivity index (χ0v) is 20.9. The number of halogens is 4. The lowest BCUT2D eigenvalue weighted by Gasteiger charge is -2.36. The molecule has 11 nitrogen and oxygen atoms in total. The number of nitrogens with zero attached hydrogens (tertiary/aromatic N) is 2. The maximum absolute atomic E-state index is 13.6. The van der Waals surface area contributed by atoms with Gasteiger partial charge in [-0.05, 0) is 30.7 Å². The second kappa shape index (κ2) is 9.90. The van der Waals surface area contributed by atoms with Crippen LogP contribution in [-0.2, 0) is 26.7 Å². The normalized spacial score (nSPS) is 20.4. The number of carbonyl (C=O) groups excluding carboxylic acids is 3. The Kier molecular flexibility index (Phi) is 7.13. The quantitative estimate of drug-likeness (QED) is 0.378. The zero-order chi connectivity index (χ0) is 28.0. The van der Waals surface area contributed by atoms with E-state index in [1.807, 2.05) is 0 Å². The molecule has 1 fully saturated rings. The summed E-state index contributed by atoms with van der Waals surface area (Å²) < 4.78 is 86.5. The van der Waals surface area contributed by atoms with Gasteiger partial charge in [0.25, 0.3) is 5.91 Å². The molecule has 1 aromatic carbocycles. The number of anilines is 1. The number of sulfonamides is 1. The molecule has 2 aromatic rings. The monoisotopic (exact) mass is 561 g/mol. The molecular formula is C22H23F4N5O6S. The van der Waals surface area contributed by atoms with E-state index in [0.29, 0.717) is 0 Å². The molecule has 0 aliphatic carbocycles. The first-order valence-corrected chi connectivity index (χ1v) is 12.7. The zero-order valence-electron chi connectivity index (χ0n) is 20.1. The number of aromatic nitrogens is 1. The van der Waals surface area contributed by atoms with Crippen LogP contribution in [0.1, 0.15) is 22.5 Å². The highest BCUT2D eigenvalue weighted by Crippen LogP contribution is 2.36. The van der Waals surface area contributed by atoms with Crippen molar-refractivity contribution in [3.63, 3.8) is 0 Å². The predicted molar refractivity (Wildman–Crippen MR) is 123 cm³/mol. The van der Waals surface area contributed by atoms with Gasteiger partial charge in [-0.1, -0.05) is 0 Å². The van der Waals surface area contributed by atoms with E-state index in [9.17, 15) is 40.4 Å². The molecule has 1 aromatic heterocycles. The van der Waals surface area contributed by atoms with Crippen LogP contribution < -0.4 is 20.1 Å². The van der Waals surface area contributed by atoms with Crippen molar-refractivity contribution in [3.05, 3.63) is 41.5 Å². The van der Waals surface area contributed by atoms with Gasteiger partial charge < -0.3 is 24.8 Å². The van der Waals surface area contributed by atoms with Crippen molar-refractivity contribution in [2.24, 2.45) is 7.05 Å².